The van der Waals surface area contributed by atoms with Crippen molar-refractivity contribution in [2.24, 2.45) is 17.6 Å². The molecule has 1 saturated heterocycles. The molecule has 1 fully saturated rings. The summed E-state index contributed by atoms with van der Waals surface area (Å²) in [4.78, 5) is 24.3. The van der Waals surface area contributed by atoms with E-state index in [1.807, 2.05) is 6.92 Å². The number of carbonyl (C=O) groups is 2. The molecular formula is C13H24N2O4. The quantitative estimate of drug-likeness (QED) is 0.695. The topological polar surface area (TPSA) is 92.9 Å². The summed E-state index contributed by atoms with van der Waals surface area (Å²) >= 11 is 0. The van der Waals surface area contributed by atoms with Gasteiger partial charge in [0.2, 0.25) is 5.91 Å². The molecule has 1 atom stereocenters. The van der Waals surface area contributed by atoms with E-state index in [2.05, 4.69) is 13.8 Å². The van der Waals surface area contributed by atoms with Gasteiger partial charge in [-0.05, 0) is 19.3 Å². The molecule has 1 rings (SSSR count). The fourth-order valence-electron chi connectivity index (χ4n) is 2.37. The first-order chi connectivity index (χ1) is 8.77. The number of hydrogen-bond acceptors (Lipinski definition) is 4. The lowest BCUT2D eigenvalue weighted by atomic mass is 9.90. The van der Waals surface area contributed by atoms with E-state index in [4.69, 9.17) is 15.6 Å². The summed E-state index contributed by atoms with van der Waals surface area (Å²) in [7, 11) is 0. The molecule has 0 aromatic heterocycles. The second-order valence-corrected chi connectivity index (χ2v) is 5.89. The smallest absolute Gasteiger partial charge is 0.329 e. The van der Waals surface area contributed by atoms with Gasteiger partial charge in [-0.25, -0.2) is 4.79 Å². The summed E-state index contributed by atoms with van der Waals surface area (Å²) in [6, 6.07) is 0. The maximum absolute atomic E-state index is 12.2. The van der Waals surface area contributed by atoms with Crippen LogP contribution >= 0.6 is 0 Å². The van der Waals surface area contributed by atoms with E-state index in [9.17, 15) is 9.59 Å². The Morgan fingerprint density at radius 2 is 2.00 bits per heavy atom. The van der Waals surface area contributed by atoms with Crippen LogP contribution < -0.4 is 5.73 Å². The minimum absolute atomic E-state index is 0.0487. The Labute approximate surface area is 113 Å². The second kappa shape index (κ2) is 6.34. The van der Waals surface area contributed by atoms with Gasteiger partial charge >= 0.3 is 5.97 Å². The molecule has 6 heteroatoms. The summed E-state index contributed by atoms with van der Waals surface area (Å²) in [5, 5.41) is 8.57. The Balaban J connectivity index is 2.43. The van der Waals surface area contributed by atoms with E-state index < -0.39 is 11.6 Å². The van der Waals surface area contributed by atoms with Gasteiger partial charge in [0.15, 0.2) is 0 Å². The van der Waals surface area contributed by atoms with Gasteiger partial charge in [-0.1, -0.05) is 13.8 Å². The van der Waals surface area contributed by atoms with E-state index in [-0.39, 0.29) is 18.4 Å². The van der Waals surface area contributed by atoms with Crippen LogP contribution in [0.5, 0.6) is 0 Å². The number of likely N-dealkylation sites (tertiary alicyclic amines) is 1. The lowest BCUT2D eigenvalue weighted by Crippen LogP contribution is -2.64. The summed E-state index contributed by atoms with van der Waals surface area (Å²) in [6.45, 7) is 6.84. The van der Waals surface area contributed by atoms with Crippen LogP contribution in [-0.2, 0) is 14.3 Å². The predicted molar refractivity (Wildman–Crippen MR) is 70.6 cm³/mol. The number of ether oxygens (including phenoxy) is 1. The largest absolute Gasteiger partial charge is 0.480 e. The van der Waals surface area contributed by atoms with Crippen molar-refractivity contribution in [3.05, 3.63) is 0 Å². The Bertz CT molecular complexity index is 338. The second-order valence-electron chi connectivity index (χ2n) is 5.89. The van der Waals surface area contributed by atoms with Gasteiger partial charge in [-0.15, -0.1) is 0 Å². The number of carboxylic acids is 1. The molecule has 0 spiro atoms. The van der Waals surface area contributed by atoms with E-state index in [1.165, 1.54) is 0 Å². The molecule has 6 nitrogen and oxygen atoms in total. The third-order valence-corrected chi connectivity index (χ3v) is 3.30. The van der Waals surface area contributed by atoms with Gasteiger partial charge in [-0.3, -0.25) is 4.79 Å². The molecule has 3 N–H and O–H groups in total. The van der Waals surface area contributed by atoms with Crippen LogP contribution in [0.15, 0.2) is 0 Å². The maximum atomic E-state index is 12.2. The number of nitrogens with two attached hydrogens (primary N) is 1. The Kier molecular flexibility index (Phi) is 5.31. The minimum Gasteiger partial charge on any atom is -0.480 e. The molecule has 19 heavy (non-hydrogen) atoms. The van der Waals surface area contributed by atoms with Gasteiger partial charge in [0, 0.05) is 6.54 Å². The molecule has 1 aliphatic heterocycles. The Morgan fingerprint density at radius 1 is 1.42 bits per heavy atom. The van der Waals surface area contributed by atoms with Crippen LogP contribution in [0.3, 0.4) is 0 Å². The normalized spacial score (nSPS) is 19.1. The molecular weight excluding hydrogens is 248 g/mol. The third kappa shape index (κ3) is 4.47. The van der Waals surface area contributed by atoms with Gasteiger partial charge in [0.25, 0.3) is 0 Å². The maximum Gasteiger partial charge on any atom is 0.329 e. The van der Waals surface area contributed by atoms with E-state index in [0.29, 0.717) is 25.6 Å². The zero-order chi connectivity index (χ0) is 14.6. The highest BCUT2D eigenvalue weighted by molar-refractivity contribution is 5.80. The fraction of sp³-hybridized carbons (Fsp3) is 0.846. The molecule has 0 aromatic carbocycles. The van der Waals surface area contributed by atoms with Crippen molar-refractivity contribution >= 4 is 11.9 Å². The lowest BCUT2D eigenvalue weighted by Gasteiger charge is -2.48. The van der Waals surface area contributed by atoms with Crippen LogP contribution in [0.4, 0.5) is 0 Å². The van der Waals surface area contributed by atoms with Crippen LogP contribution in [-0.4, -0.2) is 53.7 Å². The number of aliphatic carboxylic acids is 1. The van der Waals surface area contributed by atoms with Gasteiger partial charge in [0.1, 0.15) is 12.2 Å². The molecule has 1 amide bonds. The average molecular weight is 272 g/mol. The van der Waals surface area contributed by atoms with Crippen molar-refractivity contribution < 1.29 is 19.4 Å². The lowest BCUT2D eigenvalue weighted by molar-refractivity contribution is -0.175. The van der Waals surface area contributed by atoms with Crippen molar-refractivity contribution in [2.45, 2.75) is 32.8 Å². The number of hydrogen-bond donors (Lipinski definition) is 2. The van der Waals surface area contributed by atoms with E-state index >= 15 is 0 Å². The minimum atomic E-state index is -0.995. The Hall–Kier alpha value is -1.14. The molecule has 0 aromatic rings. The molecule has 110 valence electrons. The Morgan fingerprint density at radius 3 is 2.42 bits per heavy atom. The first kappa shape index (κ1) is 15.9. The monoisotopic (exact) mass is 272 g/mol. The first-order valence-corrected chi connectivity index (χ1v) is 6.62. The van der Waals surface area contributed by atoms with Crippen LogP contribution in [0.1, 0.15) is 27.2 Å². The van der Waals surface area contributed by atoms with E-state index in [0.717, 1.165) is 6.42 Å². The van der Waals surface area contributed by atoms with Crippen molar-refractivity contribution in [2.75, 3.05) is 26.2 Å². The molecule has 1 heterocycles. The van der Waals surface area contributed by atoms with Crippen LogP contribution in [0.2, 0.25) is 0 Å². The molecule has 1 unspecified atom stereocenters. The van der Waals surface area contributed by atoms with Crippen LogP contribution in [0.25, 0.3) is 0 Å². The highest BCUT2D eigenvalue weighted by Gasteiger charge is 2.44. The standard InChI is InChI=1S/C13H24N2O4/c1-9(2)4-10(5-14)12(18)15-7-13(3,8-15)19-6-11(16)17/h9-10H,4-8,14H2,1-3H3,(H,16,17). The first-order valence-electron chi connectivity index (χ1n) is 6.62. The molecule has 0 bridgehead atoms. The predicted octanol–water partition coefficient (Wildman–Crippen LogP) is 0.310. The molecule has 0 radical (unpaired) electrons. The summed E-state index contributed by atoms with van der Waals surface area (Å²) < 4.78 is 5.28. The molecule has 0 saturated carbocycles. The number of rotatable bonds is 7. The highest BCUT2D eigenvalue weighted by Crippen LogP contribution is 2.27. The van der Waals surface area contributed by atoms with Crippen molar-refractivity contribution in [3.63, 3.8) is 0 Å². The zero-order valence-corrected chi connectivity index (χ0v) is 11.9. The number of nitrogens with zero attached hydrogens (tertiary/aromatic N) is 1. The van der Waals surface area contributed by atoms with Gasteiger partial charge < -0.3 is 20.5 Å². The van der Waals surface area contributed by atoms with Crippen molar-refractivity contribution in [3.8, 4) is 0 Å². The SMILES string of the molecule is CC(C)CC(CN)C(=O)N1CC(C)(OCC(=O)O)C1. The van der Waals surface area contributed by atoms with Crippen molar-refractivity contribution in [1.29, 1.82) is 0 Å². The summed E-state index contributed by atoms with van der Waals surface area (Å²) in [5.41, 5.74) is 5.11. The number of amides is 1. The number of carbonyl (C=O) groups excluding carboxylic acids is 1. The summed E-state index contributed by atoms with van der Waals surface area (Å²) in [5.74, 6) is -0.671. The average Bonchev–Trinajstić information content (AvgIpc) is 2.28. The third-order valence-electron chi connectivity index (χ3n) is 3.30. The molecule has 1 aliphatic rings. The number of carboxylic acid groups (broad SMARTS) is 1. The van der Waals surface area contributed by atoms with Crippen LogP contribution in [0, 0.1) is 11.8 Å². The van der Waals surface area contributed by atoms with E-state index in [1.54, 1.807) is 4.90 Å². The van der Waals surface area contributed by atoms with Gasteiger partial charge in [-0.2, -0.15) is 0 Å². The van der Waals surface area contributed by atoms with Crippen molar-refractivity contribution in [1.82, 2.24) is 4.90 Å². The van der Waals surface area contributed by atoms with Gasteiger partial charge in [0.05, 0.1) is 19.0 Å². The fourth-order valence-corrected chi connectivity index (χ4v) is 2.37. The summed E-state index contributed by atoms with van der Waals surface area (Å²) in [6.07, 6.45) is 0.776. The highest BCUT2D eigenvalue weighted by atomic mass is 16.5. The molecule has 0 aliphatic carbocycles. The zero-order valence-electron chi connectivity index (χ0n) is 11.9.